The van der Waals surface area contributed by atoms with Crippen molar-refractivity contribution in [3.05, 3.63) is 65.7 Å². The number of benzene rings is 2. The molecule has 0 aromatic heterocycles. The standard InChI is InChI=1S/C19H19NO5/c21-16-9-5-4-8-15(16)19(23)25-17(14-6-2-1-3-7-14)18(22)20-10-12-24-13-11-20/h1-9,17,21H,10-13H2/t17-/m0/s1. The predicted octanol–water partition coefficient (Wildman–Crippen LogP) is 2.15. The molecule has 1 atom stereocenters. The first-order valence-electron chi connectivity index (χ1n) is 8.07. The van der Waals surface area contributed by atoms with Crippen molar-refractivity contribution < 1.29 is 24.2 Å². The summed E-state index contributed by atoms with van der Waals surface area (Å²) in [6.07, 6.45) is -1.06. The highest BCUT2D eigenvalue weighted by atomic mass is 16.5. The lowest BCUT2D eigenvalue weighted by Gasteiger charge is -2.30. The maximum absolute atomic E-state index is 12.9. The predicted molar refractivity (Wildman–Crippen MR) is 90.1 cm³/mol. The molecule has 1 saturated heterocycles. The van der Waals surface area contributed by atoms with Crippen LogP contribution in [-0.2, 0) is 14.3 Å². The van der Waals surface area contributed by atoms with Crippen LogP contribution in [-0.4, -0.2) is 48.2 Å². The Morgan fingerprint density at radius 3 is 2.32 bits per heavy atom. The highest BCUT2D eigenvalue weighted by molar-refractivity contribution is 5.94. The molecule has 1 N–H and O–H groups in total. The summed E-state index contributed by atoms with van der Waals surface area (Å²) in [6.45, 7) is 1.83. The number of amides is 1. The molecule has 6 heteroatoms. The number of carbonyl (C=O) groups excluding carboxylic acids is 2. The van der Waals surface area contributed by atoms with Gasteiger partial charge in [-0.1, -0.05) is 42.5 Å². The monoisotopic (exact) mass is 341 g/mol. The van der Waals surface area contributed by atoms with Gasteiger partial charge in [0.1, 0.15) is 11.3 Å². The normalized spacial score (nSPS) is 15.4. The molecule has 3 rings (SSSR count). The van der Waals surface area contributed by atoms with E-state index in [0.717, 1.165) is 0 Å². The van der Waals surface area contributed by atoms with Crippen LogP contribution in [0.25, 0.3) is 0 Å². The molecule has 25 heavy (non-hydrogen) atoms. The molecule has 0 radical (unpaired) electrons. The zero-order valence-electron chi connectivity index (χ0n) is 13.6. The number of carbonyl (C=O) groups is 2. The Morgan fingerprint density at radius 2 is 1.64 bits per heavy atom. The molecule has 1 fully saturated rings. The van der Waals surface area contributed by atoms with Crippen LogP contribution >= 0.6 is 0 Å². The highest BCUT2D eigenvalue weighted by Gasteiger charge is 2.31. The smallest absolute Gasteiger partial charge is 0.343 e. The van der Waals surface area contributed by atoms with Crippen LogP contribution in [0.2, 0.25) is 0 Å². The van der Waals surface area contributed by atoms with E-state index in [4.69, 9.17) is 9.47 Å². The third kappa shape index (κ3) is 3.97. The van der Waals surface area contributed by atoms with Gasteiger partial charge in [0.05, 0.1) is 13.2 Å². The molecule has 0 aliphatic carbocycles. The van der Waals surface area contributed by atoms with Crippen LogP contribution in [0.15, 0.2) is 54.6 Å². The Hall–Kier alpha value is -2.86. The number of aromatic hydroxyl groups is 1. The lowest BCUT2D eigenvalue weighted by Crippen LogP contribution is -2.44. The number of esters is 1. The Morgan fingerprint density at radius 1 is 1.00 bits per heavy atom. The van der Waals surface area contributed by atoms with Gasteiger partial charge in [-0.15, -0.1) is 0 Å². The van der Waals surface area contributed by atoms with Crippen LogP contribution in [0.1, 0.15) is 22.0 Å². The number of para-hydroxylation sites is 1. The van der Waals surface area contributed by atoms with E-state index < -0.39 is 12.1 Å². The lowest BCUT2D eigenvalue weighted by atomic mass is 10.1. The molecule has 130 valence electrons. The Labute approximate surface area is 145 Å². The molecule has 2 aromatic carbocycles. The highest BCUT2D eigenvalue weighted by Crippen LogP contribution is 2.25. The lowest BCUT2D eigenvalue weighted by molar-refractivity contribution is -0.145. The summed E-state index contributed by atoms with van der Waals surface area (Å²) < 4.78 is 10.8. The van der Waals surface area contributed by atoms with Crippen LogP contribution in [0.4, 0.5) is 0 Å². The SMILES string of the molecule is O=C(O[C@H](C(=O)N1CCOCC1)c1ccccc1)c1ccccc1O. The minimum absolute atomic E-state index is 0.0261. The van der Waals surface area contributed by atoms with E-state index in [1.807, 2.05) is 6.07 Å². The third-order valence-corrected chi connectivity index (χ3v) is 4.00. The van der Waals surface area contributed by atoms with Crippen molar-refractivity contribution in [2.45, 2.75) is 6.10 Å². The first-order valence-corrected chi connectivity index (χ1v) is 8.07. The van der Waals surface area contributed by atoms with Gasteiger partial charge in [-0.3, -0.25) is 4.79 Å². The number of phenolic OH excluding ortho intramolecular Hbond substituents is 1. The fraction of sp³-hybridized carbons (Fsp3) is 0.263. The molecular formula is C19H19NO5. The Bertz CT molecular complexity index is 740. The molecule has 1 aliphatic rings. The third-order valence-electron chi connectivity index (χ3n) is 4.00. The van der Waals surface area contributed by atoms with Gasteiger partial charge >= 0.3 is 5.97 Å². The first-order chi connectivity index (χ1) is 12.2. The van der Waals surface area contributed by atoms with Crippen molar-refractivity contribution in [3.8, 4) is 5.75 Å². The molecule has 0 unspecified atom stereocenters. The van der Waals surface area contributed by atoms with Crippen molar-refractivity contribution in [2.75, 3.05) is 26.3 Å². The second-order valence-corrected chi connectivity index (χ2v) is 5.65. The summed E-state index contributed by atoms with van der Waals surface area (Å²) in [6, 6.07) is 15.0. The molecule has 1 amide bonds. The minimum atomic E-state index is -1.06. The maximum atomic E-state index is 12.9. The van der Waals surface area contributed by atoms with Gasteiger partial charge in [0, 0.05) is 18.7 Å². The summed E-state index contributed by atoms with van der Waals surface area (Å²) in [7, 11) is 0. The van der Waals surface area contributed by atoms with E-state index >= 15 is 0 Å². The van der Waals surface area contributed by atoms with Crippen LogP contribution in [0.5, 0.6) is 5.75 Å². The zero-order chi connectivity index (χ0) is 17.6. The van der Waals surface area contributed by atoms with E-state index in [2.05, 4.69) is 0 Å². The molecule has 0 spiro atoms. The number of rotatable bonds is 4. The molecule has 1 aliphatic heterocycles. The number of nitrogens with zero attached hydrogens (tertiary/aromatic N) is 1. The molecule has 1 heterocycles. The van der Waals surface area contributed by atoms with Crippen LogP contribution in [0, 0.1) is 0 Å². The summed E-state index contributed by atoms with van der Waals surface area (Å²) >= 11 is 0. The van der Waals surface area contributed by atoms with Gasteiger partial charge in [0.2, 0.25) is 6.10 Å². The molecule has 0 bridgehead atoms. The number of morpholine rings is 1. The summed E-state index contributed by atoms with van der Waals surface area (Å²) in [5, 5.41) is 9.84. The Balaban J connectivity index is 1.85. The van der Waals surface area contributed by atoms with E-state index in [-0.39, 0.29) is 17.2 Å². The fourth-order valence-electron chi connectivity index (χ4n) is 2.66. The molecule has 2 aromatic rings. The fourth-order valence-corrected chi connectivity index (χ4v) is 2.66. The van der Waals surface area contributed by atoms with Gasteiger partial charge < -0.3 is 19.5 Å². The number of ether oxygens (including phenoxy) is 2. The average molecular weight is 341 g/mol. The largest absolute Gasteiger partial charge is 0.507 e. The molecule has 6 nitrogen and oxygen atoms in total. The van der Waals surface area contributed by atoms with Crippen LogP contribution < -0.4 is 0 Å². The topological polar surface area (TPSA) is 76.1 Å². The van der Waals surface area contributed by atoms with Crippen molar-refractivity contribution in [3.63, 3.8) is 0 Å². The van der Waals surface area contributed by atoms with Crippen molar-refractivity contribution in [1.29, 1.82) is 0 Å². The van der Waals surface area contributed by atoms with Crippen molar-refractivity contribution >= 4 is 11.9 Å². The number of hydrogen-bond donors (Lipinski definition) is 1. The second kappa shape index (κ2) is 7.81. The van der Waals surface area contributed by atoms with Crippen molar-refractivity contribution in [2.24, 2.45) is 0 Å². The maximum Gasteiger partial charge on any atom is 0.343 e. The van der Waals surface area contributed by atoms with Gasteiger partial charge in [0.15, 0.2) is 0 Å². The number of phenols is 1. The number of hydrogen-bond acceptors (Lipinski definition) is 5. The van der Waals surface area contributed by atoms with Gasteiger partial charge in [0.25, 0.3) is 5.91 Å². The summed E-state index contributed by atoms with van der Waals surface area (Å²) in [5.74, 6) is -1.22. The van der Waals surface area contributed by atoms with Gasteiger partial charge in [-0.2, -0.15) is 0 Å². The molecule has 0 saturated carbocycles. The van der Waals surface area contributed by atoms with Gasteiger partial charge in [-0.25, -0.2) is 4.79 Å². The zero-order valence-corrected chi connectivity index (χ0v) is 13.6. The second-order valence-electron chi connectivity index (χ2n) is 5.65. The summed E-state index contributed by atoms with van der Waals surface area (Å²) in [4.78, 5) is 27.0. The van der Waals surface area contributed by atoms with E-state index in [1.54, 1.807) is 41.3 Å². The van der Waals surface area contributed by atoms with E-state index in [9.17, 15) is 14.7 Å². The Kier molecular flexibility index (Phi) is 5.30. The minimum Gasteiger partial charge on any atom is -0.507 e. The van der Waals surface area contributed by atoms with Crippen LogP contribution in [0.3, 0.4) is 0 Å². The molecular weight excluding hydrogens is 322 g/mol. The summed E-state index contributed by atoms with van der Waals surface area (Å²) in [5.41, 5.74) is 0.612. The quantitative estimate of drug-likeness (QED) is 0.863. The van der Waals surface area contributed by atoms with E-state index in [1.165, 1.54) is 12.1 Å². The van der Waals surface area contributed by atoms with E-state index in [0.29, 0.717) is 31.9 Å². The average Bonchev–Trinajstić information content (AvgIpc) is 2.67. The van der Waals surface area contributed by atoms with Crippen molar-refractivity contribution in [1.82, 2.24) is 4.90 Å². The first kappa shape index (κ1) is 17.0. The van der Waals surface area contributed by atoms with Gasteiger partial charge in [-0.05, 0) is 12.1 Å².